The van der Waals surface area contributed by atoms with Crippen molar-refractivity contribution in [2.45, 2.75) is 0 Å². The van der Waals surface area contributed by atoms with E-state index in [0.717, 1.165) is 0 Å². The Bertz CT molecular complexity index is 338. The van der Waals surface area contributed by atoms with Gasteiger partial charge >= 0.3 is 0 Å². The monoisotopic (exact) mass is 184 g/mol. The minimum absolute atomic E-state index is 0.00144. The molecule has 0 spiro atoms. The summed E-state index contributed by atoms with van der Waals surface area (Å²) in [6, 6.07) is 4.36. The highest BCUT2D eigenvalue weighted by Crippen LogP contribution is 2.18. The van der Waals surface area contributed by atoms with Gasteiger partial charge in [-0.25, -0.2) is 4.39 Å². The Hall–Kier alpha value is -1.04. The fraction of sp³-hybridized carbons (Fsp3) is 0.111. The molecule has 0 fully saturated rings. The number of aliphatic hydroxyl groups excluding tert-OH is 1. The third-order valence-corrected chi connectivity index (χ3v) is 1.64. The molecule has 0 aliphatic heterocycles. The summed E-state index contributed by atoms with van der Waals surface area (Å²) in [6.45, 7) is -0.257. The van der Waals surface area contributed by atoms with Gasteiger partial charge in [-0.1, -0.05) is 29.5 Å². The zero-order valence-electron chi connectivity index (χ0n) is 6.14. The normalized spacial score (nSPS) is 8.92. The molecule has 62 valence electrons. The van der Waals surface area contributed by atoms with Crippen LogP contribution in [0.15, 0.2) is 18.2 Å². The second-order valence-electron chi connectivity index (χ2n) is 2.06. The molecule has 1 nitrogen and oxygen atoms in total. The molecular weight excluding hydrogens is 179 g/mol. The first-order valence-electron chi connectivity index (χ1n) is 3.29. The number of rotatable bonds is 0. The third kappa shape index (κ3) is 1.97. The van der Waals surface area contributed by atoms with Crippen molar-refractivity contribution in [1.82, 2.24) is 0 Å². The molecule has 0 atom stereocenters. The van der Waals surface area contributed by atoms with E-state index in [1.54, 1.807) is 6.07 Å². The topological polar surface area (TPSA) is 20.2 Å². The zero-order valence-corrected chi connectivity index (χ0v) is 6.90. The van der Waals surface area contributed by atoms with Gasteiger partial charge < -0.3 is 5.11 Å². The first-order chi connectivity index (χ1) is 5.75. The minimum Gasteiger partial charge on any atom is -0.384 e. The molecule has 1 aromatic rings. The molecule has 3 heteroatoms. The van der Waals surface area contributed by atoms with Gasteiger partial charge in [0.05, 0.1) is 5.02 Å². The zero-order chi connectivity index (χ0) is 8.97. The van der Waals surface area contributed by atoms with Crippen molar-refractivity contribution in [2.24, 2.45) is 0 Å². The van der Waals surface area contributed by atoms with Crippen molar-refractivity contribution >= 4 is 11.6 Å². The van der Waals surface area contributed by atoms with Crippen molar-refractivity contribution in [3.8, 4) is 11.8 Å². The second kappa shape index (κ2) is 4.10. The summed E-state index contributed by atoms with van der Waals surface area (Å²) in [5.41, 5.74) is 0.394. The van der Waals surface area contributed by atoms with E-state index in [1.165, 1.54) is 12.1 Å². The van der Waals surface area contributed by atoms with Crippen molar-refractivity contribution in [1.29, 1.82) is 0 Å². The van der Waals surface area contributed by atoms with Crippen LogP contribution in [0.4, 0.5) is 4.39 Å². The van der Waals surface area contributed by atoms with Crippen LogP contribution in [0.3, 0.4) is 0 Å². The van der Waals surface area contributed by atoms with E-state index in [-0.39, 0.29) is 11.6 Å². The van der Waals surface area contributed by atoms with Crippen LogP contribution in [-0.2, 0) is 0 Å². The van der Waals surface area contributed by atoms with Crippen LogP contribution in [0.5, 0.6) is 0 Å². The van der Waals surface area contributed by atoms with Gasteiger partial charge in [0.15, 0.2) is 0 Å². The van der Waals surface area contributed by atoms with Crippen LogP contribution in [0.1, 0.15) is 5.56 Å². The summed E-state index contributed by atoms with van der Waals surface area (Å²) in [5, 5.41) is 8.38. The van der Waals surface area contributed by atoms with E-state index in [0.29, 0.717) is 5.56 Å². The van der Waals surface area contributed by atoms with Gasteiger partial charge in [-0.2, -0.15) is 0 Å². The predicted octanol–water partition coefficient (Wildman–Crippen LogP) is 1.82. The fourth-order valence-corrected chi connectivity index (χ4v) is 0.908. The molecule has 0 radical (unpaired) electrons. The summed E-state index contributed by atoms with van der Waals surface area (Å²) >= 11 is 5.57. The molecule has 1 N–H and O–H groups in total. The van der Waals surface area contributed by atoms with Gasteiger partial charge in [0.1, 0.15) is 12.4 Å². The molecule has 1 rings (SSSR count). The van der Waals surface area contributed by atoms with Crippen LogP contribution in [0.2, 0.25) is 5.02 Å². The number of hydrogen-bond acceptors (Lipinski definition) is 1. The van der Waals surface area contributed by atoms with Crippen LogP contribution in [-0.4, -0.2) is 11.7 Å². The highest BCUT2D eigenvalue weighted by molar-refractivity contribution is 6.31. The number of hydrogen-bond donors (Lipinski definition) is 1. The largest absolute Gasteiger partial charge is 0.384 e. The first kappa shape index (κ1) is 9.05. The Morgan fingerprint density at radius 3 is 2.92 bits per heavy atom. The van der Waals surface area contributed by atoms with Crippen LogP contribution in [0.25, 0.3) is 0 Å². The first-order valence-corrected chi connectivity index (χ1v) is 3.67. The highest BCUT2D eigenvalue weighted by Gasteiger charge is 2.01. The third-order valence-electron chi connectivity index (χ3n) is 1.25. The molecule has 0 amide bonds. The molecule has 0 saturated carbocycles. The fourth-order valence-electron chi connectivity index (χ4n) is 0.735. The van der Waals surface area contributed by atoms with Crippen molar-refractivity contribution in [2.75, 3.05) is 6.61 Å². The standard InChI is InChI=1S/C9H6ClFO/c10-9-7(4-2-6-12)3-1-5-8(9)11/h1,3,5,12H,6H2. The van der Waals surface area contributed by atoms with Crippen molar-refractivity contribution in [3.63, 3.8) is 0 Å². The van der Waals surface area contributed by atoms with Crippen molar-refractivity contribution in [3.05, 3.63) is 34.6 Å². The quantitative estimate of drug-likeness (QED) is 0.610. The van der Waals surface area contributed by atoms with E-state index in [4.69, 9.17) is 16.7 Å². The molecule has 0 bridgehead atoms. The van der Waals surface area contributed by atoms with Gasteiger partial charge in [-0.3, -0.25) is 0 Å². The van der Waals surface area contributed by atoms with Gasteiger partial charge in [0, 0.05) is 5.56 Å². The lowest BCUT2D eigenvalue weighted by molar-refractivity contribution is 0.350. The predicted molar refractivity (Wildman–Crippen MR) is 45.4 cm³/mol. The van der Waals surface area contributed by atoms with E-state index in [1.807, 2.05) is 0 Å². The summed E-state index contributed by atoms with van der Waals surface area (Å²) < 4.78 is 12.7. The second-order valence-corrected chi connectivity index (χ2v) is 2.44. The Kier molecular flexibility index (Phi) is 3.09. The van der Waals surface area contributed by atoms with E-state index >= 15 is 0 Å². The Morgan fingerprint density at radius 2 is 2.25 bits per heavy atom. The molecule has 0 heterocycles. The van der Waals surface area contributed by atoms with Crippen LogP contribution < -0.4 is 0 Å². The molecule has 1 aromatic carbocycles. The molecular formula is C9H6ClFO. The van der Waals surface area contributed by atoms with Crippen LogP contribution in [0, 0.1) is 17.7 Å². The van der Waals surface area contributed by atoms with E-state index < -0.39 is 5.82 Å². The lowest BCUT2D eigenvalue weighted by atomic mass is 10.2. The lowest BCUT2D eigenvalue weighted by Crippen LogP contribution is -1.82. The average molecular weight is 185 g/mol. The van der Waals surface area contributed by atoms with E-state index in [2.05, 4.69) is 11.8 Å². The molecule has 12 heavy (non-hydrogen) atoms. The summed E-state index contributed by atoms with van der Waals surface area (Å²) in [7, 11) is 0. The molecule has 0 aliphatic carbocycles. The smallest absolute Gasteiger partial charge is 0.143 e. The van der Waals surface area contributed by atoms with Gasteiger partial charge in [-0.05, 0) is 12.1 Å². The average Bonchev–Trinajstić information content (AvgIpc) is 2.08. The Labute approximate surface area is 74.8 Å². The maximum absolute atomic E-state index is 12.7. The maximum atomic E-state index is 12.7. The Balaban J connectivity index is 3.08. The van der Waals surface area contributed by atoms with E-state index in [9.17, 15) is 4.39 Å². The number of benzene rings is 1. The van der Waals surface area contributed by atoms with Crippen molar-refractivity contribution < 1.29 is 9.50 Å². The van der Waals surface area contributed by atoms with Gasteiger partial charge in [0.2, 0.25) is 0 Å². The minimum atomic E-state index is -0.499. The number of halogens is 2. The van der Waals surface area contributed by atoms with Gasteiger partial charge in [-0.15, -0.1) is 0 Å². The molecule has 0 aliphatic rings. The summed E-state index contributed by atoms with van der Waals surface area (Å²) in [6.07, 6.45) is 0. The maximum Gasteiger partial charge on any atom is 0.143 e. The summed E-state index contributed by atoms with van der Waals surface area (Å²) in [4.78, 5) is 0. The molecule has 0 saturated heterocycles. The van der Waals surface area contributed by atoms with Crippen LogP contribution >= 0.6 is 11.6 Å². The summed E-state index contributed by atoms with van der Waals surface area (Å²) in [5.74, 6) is 4.42. The molecule has 0 aromatic heterocycles. The Morgan fingerprint density at radius 1 is 1.50 bits per heavy atom. The SMILES string of the molecule is OCC#Cc1cccc(F)c1Cl. The molecule has 0 unspecified atom stereocenters. The van der Waals surface area contributed by atoms with Gasteiger partial charge in [0.25, 0.3) is 0 Å². The lowest BCUT2D eigenvalue weighted by Gasteiger charge is -1.95. The number of aliphatic hydroxyl groups is 1. The highest BCUT2D eigenvalue weighted by atomic mass is 35.5.